The molecule has 0 unspecified atom stereocenters. The van der Waals surface area contributed by atoms with Gasteiger partial charge >= 0.3 is 0 Å². The molecule has 1 aromatic heterocycles. The number of hydrogen-bond donors (Lipinski definition) is 0. The van der Waals surface area contributed by atoms with Crippen molar-refractivity contribution in [1.82, 2.24) is 9.29 Å². The summed E-state index contributed by atoms with van der Waals surface area (Å²) in [7, 11) is -3.41. The van der Waals surface area contributed by atoms with Gasteiger partial charge in [-0.05, 0) is 34.8 Å². The zero-order valence-corrected chi connectivity index (χ0v) is 13.0. The van der Waals surface area contributed by atoms with Gasteiger partial charge in [-0.25, -0.2) is 8.42 Å². The number of pyridine rings is 1. The summed E-state index contributed by atoms with van der Waals surface area (Å²) in [6, 6.07) is 1.75. The normalized spacial score (nSPS) is 16.4. The Kier molecular flexibility index (Phi) is 4.22. The van der Waals surface area contributed by atoms with Gasteiger partial charge < -0.3 is 0 Å². The van der Waals surface area contributed by atoms with Crippen molar-refractivity contribution in [3.05, 3.63) is 22.9 Å². The van der Waals surface area contributed by atoms with Crippen LogP contribution in [0.3, 0.4) is 0 Å². The molecule has 94 valence electrons. The number of rotatable bonds is 5. The fraction of sp³-hybridized carbons (Fsp3) is 0.500. The van der Waals surface area contributed by atoms with Crippen molar-refractivity contribution >= 4 is 41.9 Å². The molecule has 0 radical (unpaired) electrons. The van der Waals surface area contributed by atoms with Crippen LogP contribution in [0.4, 0.5) is 0 Å². The quantitative estimate of drug-likeness (QED) is 0.733. The average Bonchev–Trinajstić information content (AvgIpc) is 3.09. The van der Waals surface area contributed by atoms with Gasteiger partial charge in [0.05, 0.1) is 0 Å². The van der Waals surface area contributed by atoms with Gasteiger partial charge in [0, 0.05) is 34.8 Å². The molecule has 2 rings (SSSR count). The van der Waals surface area contributed by atoms with E-state index in [9.17, 15) is 8.42 Å². The second-order valence-electron chi connectivity index (χ2n) is 3.87. The van der Waals surface area contributed by atoms with Crippen LogP contribution < -0.4 is 0 Å². The Morgan fingerprint density at radius 1 is 1.41 bits per heavy atom. The summed E-state index contributed by atoms with van der Waals surface area (Å²) >= 11 is 6.54. The molecule has 17 heavy (non-hydrogen) atoms. The number of halogens is 2. The molecule has 0 aromatic carbocycles. The Morgan fingerprint density at radius 3 is 2.65 bits per heavy atom. The first-order valence-corrected chi connectivity index (χ1v) is 8.59. The largest absolute Gasteiger partial charge is 0.262 e. The van der Waals surface area contributed by atoms with Gasteiger partial charge in [-0.3, -0.25) is 4.98 Å². The lowest BCUT2D eigenvalue weighted by atomic mass is 10.5. The molecule has 1 aliphatic carbocycles. The molecule has 0 N–H and O–H groups in total. The predicted octanol–water partition coefficient (Wildman–Crippen LogP) is 2.39. The van der Waals surface area contributed by atoms with Gasteiger partial charge in [0.1, 0.15) is 4.90 Å². The van der Waals surface area contributed by atoms with Crippen molar-refractivity contribution in [2.45, 2.75) is 23.8 Å². The zero-order valence-electron chi connectivity index (χ0n) is 9.01. The van der Waals surface area contributed by atoms with Crippen molar-refractivity contribution in [3.8, 4) is 0 Å². The van der Waals surface area contributed by atoms with Crippen LogP contribution in [0.15, 0.2) is 27.8 Å². The highest BCUT2D eigenvalue weighted by atomic mass is 79.9. The number of aromatic nitrogens is 1. The second kappa shape index (κ2) is 5.34. The minimum Gasteiger partial charge on any atom is -0.262 e. The first kappa shape index (κ1) is 13.5. The van der Waals surface area contributed by atoms with E-state index in [-0.39, 0.29) is 10.9 Å². The molecule has 1 saturated carbocycles. The molecule has 0 spiro atoms. The van der Waals surface area contributed by atoms with Crippen molar-refractivity contribution in [2.75, 3.05) is 11.9 Å². The van der Waals surface area contributed by atoms with E-state index in [0.29, 0.717) is 16.3 Å². The summed E-state index contributed by atoms with van der Waals surface area (Å²) in [5, 5.41) is 0.643. The standard InChI is InChI=1S/C10H12Br2N2O2S/c11-3-4-14(9-1-2-9)17(15,16)10-5-8(12)6-13-7-10/h5-7,9H,1-4H2. The Labute approximate surface area is 118 Å². The Bertz CT molecular complexity index is 503. The fourth-order valence-corrected chi connectivity index (χ4v) is 4.42. The lowest BCUT2D eigenvalue weighted by molar-refractivity contribution is 0.424. The highest BCUT2D eigenvalue weighted by Gasteiger charge is 2.37. The summed E-state index contributed by atoms with van der Waals surface area (Å²) < 4.78 is 27.0. The third-order valence-corrected chi connectivity index (χ3v) is 5.25. The lowest BCUT2D eigenvalue weighted by Crippen LogP contribution is -2.34. The zero-order chi connectivity index (χ0) is 12.5. The maximum absolute atomic E-state index is 12.4. The van der Waals surface area contributed by atoms with Crippen LogP contribution in [0.1, 0.15) is 12.8 Å². The van der Waals surface area contributed by atoms with E-state index in [2.05, 4.69) is 36.8 Å². The van der Waals surface area contributed by atoms with Crippen LogP contribution >= 0.6 is 31.9 Å². The van der Waals surface area contributed by atoms with Crippen LogP contribution in [-0.4, -0.2) is 35.6 Å². The number of nitrogens with zero attached hydrogens (tertiary/aromatic N) is 2. The first-order chi connectivity index (χ1) is 8.05. The van der Waals surface area contributed by atoms with Crippen molar-refractivity contribution in [1.29, 1.82) is 0 Å². The van der Waals surface area contributed by atoms with Crippen LogP contribution in [0, 0.1) is 0 Å². The summed E-state index contributed by atoms with van der Waals surface area (Å²) in [4.78, 5) is 4.16. The van der Waals surface area contributed by atoms with Crippen molar-refractivity contribution in [3.63, 3.8) is 0 Å². The Morgan fingerprint density at radius 2 is 2.12 bits per heavy atom. The van der Waals surface area contributed by atoms with E-state index < -0.39 is 10.0 Å². The van der Waals surface area contributed by atoms with Gasteiger partial charge in [-0.2, -0.15) is 4.31 Å². The van der Waals surface area contributed by atoms with Gasteiger partial charge in [-0.15, -0.1) is 0 Å². The van der Waals surface area contributed by atoms with E-state index in [4.69, 9.17) is 0 Å². The Hall–Kier alpha value is 0.0200. The minimum absolute atomic E-state index is 0.163. The minimum atomic E-state index is -3.41. The van der Waals surface area contributed by atoms with Crippen LogP contribution in [-0.2, 0) is 10.0 Å². The monoisotopic (exact) mass is 382 g/mol. The molecular weight excluding hydrogens is 372 g/mol. The fourth-order valence-electron chi connectivity index (χ4n) is 1.61. The highest BCUT2D eigenvalue weighted by Crippen LogP contribution is 2.32. The number of alkyl halides is 1. The second-order valence-corrected chi connectivity index (χ2v) is 7.47. The third kappa shape index (κ3) is 3.07. The smallest absolute Gasteiger partial charge is 0.244 e. The van der Waals surface area contributed by atoms with E-state index in [1.54, 1.807) is 16.6 Å². The highest BCUT2D eigenvalue weighted by molar-refractivity contribution is 9.10. The summed E-state index contributed by atoms with van der Waals surface area (Å²) in [6.45, 7) is 0.500. The van der Waals surface area contributed by atoms with Gasteiger partial charge in [0.15, 0.2) is 0 Å². The average molecular weight is 384 g/mol. The molecule has 0 aliphatic heterocycles. The van der Waals surface area contributed by atoms with Gasteiger partial charge in [0.2, 0.25) is 10.0 Å². The molecule has 0 atom stereocenters. The Balaban J connectivity index is 2.33. The third-order valence-electron chi connectivity index (χ3n) is 2.55. The molecule has 0 bridgehead atoms. The van der Waals surface area contributed by atoms with E-state index in [1.807, 2.05) is 0 Å². The first-order valence-electron chi connectivity index (χ1n) is 5.24. The lowest BCUT2D eigenvalue weighted by Gasteiger charge is -2.20. The predicted molar refractivity (Wildman–Crippen MR) is 72.6 cm³/mol. The maximum atomic E-state index is 12.4. The van der Waals surface area contributed by atoms with Crippen LogP contribution in [0.5, 0.6) is 0 Å². The molecule has 4 nitrogen and oxygen atoms in total. The van der Waals surface area contributed by atoms with Crippen LogP contribution in [0.25, 0.3) is 0 Å². The van der Waals surface area contributed by atoms with E-state index >= 15 is 0 Å². The summed E-state index contributed by atoms with van der Waals surface area (Å²) in [5.41, 5.74) is 0. The molecule has 1 aliphatic rings. The van der Waals surface area contributed by atoms with Crippen molar-refractivity contribution < 1.29 is 8.42 Å². The molecule has 0 amide bonds. The molecule has 0 saturated heterocycles. The van der Waals surface area contributed by atoms with Gasteiger partial charge in [-0.1, -0.05) is 15.9 Å². The van der Waals surface area contributed by atoms with E-state index in [0.717, 1.165) is 12.8 Å². The topological polar surface area (TPSA) is 50.3 Å². The molecule has 7 heteroatoms. The molecular formula is C10H12Br2N2O2S. The molecule has 1 heterocycles. The SMILES string of the molecule is O=S(=O)(c1cncc(Br)c1)N(CCBr)C1CC1. The van der Waals surface area contributed by atoms with Crippen molar-refractivity contribution in [2.24, 2.45) is 0 Å². The molecule has 1 fully saturated rings. The van der Waals surface area contributed by atoms with E-state index in [1.165, 1.54) is 6.20 Å². The van der Waals surface area contributed by atoms with Gasteiger partial charge in [0.25, 0.3) is 0 Å². The number of hydrogen-bond acceptors (Lipinski definition) is 3. The summed E-state index contributed by atoms with van der Waals surface area (Å²) in [6.07, 6.45) is 4.87. The summed E-state index contributed by atoms with van der Waals surface area (Å²) in [5.74, 6) is 0. The van der Waals surface area contributed by atoms with Crippen LogP contribution in [0.2, 0.25) is 0 Å². The molecule has 1 aromatic rings. The maximum Gasteiger partial charge on any atom is 0.244 e. The number of sulfonamides is 1.